The summed E-state index contributed by atoms with van der Waals surface area (Å²) in [4.78, 5) is 16.2. The molecule has 0 fully saturated rings. The second-order valence-electron chi connectivity index (χ2n) is 6.41. The molecule has 0 spiro atoms. The standard InChI is InChI=1S/C21H21N3O2.ClH/c1-26-21(25)17-4-2-15(3-5-17)14-24-13-9-19-18(8-12-23-20(19)24)16-6-10-22-11-7-16;/h2-6,8-9,12-13,22H,7,10-11,14H2,1H3;1H. The summed E-state index contributed by atoms with van der Waals surface area (Å²) in [6, 6.07) is 11.8. The van der Waals surface area contributed by atoms with Crippen LogP contribution in [-0.2, 0) is 11.3 Å². The summed E-state index contributed by atoms with van der Waals surface area (Å²) in [5.41, 5.74) is 5.32. The lowest BCUT2D eigenvalue weighted by atomic mass is 9.99. The van der Waals surface area contributed by atoms with Gasteiger partial charge in [0.25, 0.3) is 0 Å². The Bertz CT molecular complexity index is 977. The summed E-state index contributed by atoms with van der Waals surface area (Å²) in [6.07, 6.45) is 7.27. The molecule has 1 aliphatic heterocycles. The van der Waals surface area contributed by atoms with Crippen LogP contribution in [0.15, 0.2) is 54.9 Å². The van der Waals surface area contributed by atoms with Crippen molar-refractivity contribution in [1.29, 1.82) is 0 Å². The molecule has 0 unspecified atom stereocenters. The number of nitrogens with one attached hydrogen (secondary N) is 1. The van der Waals surface area contributed by atoms with Crippen LogP contribution in [0, 0.1) is 0 Å². The first-order valence-corrected chi connectivity index (χ1v) is 8.77. The maximum atomic E-state index is 11.6. The van der Waals surface area contributed by atoms with Crippen molar-refractivity contribution in [2.75, 3.05) is 20.2 Å². The predicted molar refractivity (Wildman–Crippen MR) is 109 cm³/mol. The van der Waals surface area contributed by atoms with Crippen LogP contribution >= 0.6 is 12.4 Å². The van der Waals surface area contributed by atoms with Gasteiger partial charge in [-0.1, -0.05) is 18.2 Å². The van der Waals surface area contributed by atoms with E-state index < -0.39 is 0 Å². The SMILES string of the molecule is COC(=O)c1ccc(Cn2ccc3c(C4=CCNCC4)ccnc32)cc1.Cl. The highest BCUT2D eigenvalue weighted by Crippen LogP contribution is 2.28. The summed E-state index contributed by atoms with van der Waals surface area (Å²) < 4.78 is 6.89. The molecule has 1 N–H and O–H groups in total. The Labute approximate surface area is 164 Å². The molecule has 3 heterocycles. The number of rotatable bonds is 4. The summed E-state index contributed by atoms with van der Waals surface area (Å²) in [6.45, 7) is 2.65. The van der Waals surface area contributed by atoms with Gasteiger partial charge in [-0.25, -0.2) is 9.78 Å². The number of nitrogens with zero attached hydrogens (tertiary/aromatic N) is 2. The van der Waals surface area contributed by atoms with Crippen molar-refractivity contribution in [2.45, 2.75) is 13.0 Å². The van der Waals surface area contributed by atoms with Crippen LogP contribution in [0.1, 0.15) is 27.9 Å². The van der Waals surface area contributed by atoms with Gasteiger partial charge in [0.1, 0.15) is 5.65 Å². The molecule has 1 aromatic carbocycles. The zero-order chi connectivity index (χ0) is 17.9. The highest BCUT2D eigenvalue weighted by molar-refractivity contribution is 5.91. The largest absolute Gasteiger partial charge is 0.465 e. The first-order valence-electron chi connectivity index (χ1n) is 8.77. The molecular formula is C21H22ClN3O2. The summed E-state index contributed by atoms with van der Waals surface area (Å²) in [7, 11) is 1.39. The predicted octanol–water partition coefficient (Wildman–Crippen LogP) is 3.67. The van der Waals surface area contributed by atoms with E-state index >= 15 is 0 Å². The van der Waals surface area contributed by atoms with Gasteiger partial charge in [-0.2, -0.15) is 0 Å². The minimum absolute atomic E-state index is 0. The van der Waals surface area contributed by atoms with E-state index in [1.807, 2.05) is 18.3 Å². The second-order valence-corrected chi connectivity index (χ2v) is 6.41. The van der Waals surface area contributed by atoms with Gasteiger partial charge in [-0.3, -0.25) is 0 Å². The van der Waals surface area contributed by atoms with Crippen LogP contribution in [0.25, 0.3) is 16.6 Å². The Morgan fingerprint density at radius 3 is 2.74 bits per heavy atom. The fourth-order valence-corrected chi connectivity index (χ4v) is 3.43. The maximum Gasteiger partial charge on any atom is 0.337 e. The number of aromatic nitrogens is 2. The monoisotopic (exact) mass is 383 g/mol. The van der Waals surface area contributed by atoms with Crippen LogP contribution in [0.2, 0.25) is 0 Å². The Morgan fingerprint density at radius 2 is 2.04 bits per heavy atom. The molecule has 0 atom stereocenters. The third-order valence-electron chi connectivity index (χ3n) is 4.80. The van der Waals surface area contributed by atoms with Gasteiger partial charge in [-0.05, 0) is 53.9 Å². The number of fused-ring (bicyclic) bond motifs is 1. The molecule has 0 saturated carbocycles. The van der Waals surface area contributed by atoms with Gasteiger partial charge >= 0.3 is 5.97 Å². The zero-order valence-corrected chi connectivity index (χ0v) is 16.0. The normalized spacial score (nSPS) is 13.7. The van der Waals surface area contributed by atoms with Crippen molar-refractivity contribution < 1.29 is 9.53 Å². The fraction of sp³-hybridized carbons (Fsp3) is 0.238. The molecule has 4 rings (SSSR count). The van der Waals surface area contributed by atoms with E-state index in [0.29, 0.717) is 12.1 Å². The summed E-state index contributed by atoms with van der Waals surface area (Å²) in [5.74, 6) is -0.315. The van der Waals surface area contributed by atoms with Crippen molar-refractivity contribution in [2.24, 2.45) is 0 Å². The highest BCUT2D eigenvalue weighted by atomic mass is 35.5. The van der Waals surface area contributed by atoms with Crippen molar-refractivity contribution >= 4 is 35.0 Å². The topological polar surface area (TPSA) is 56.1 Å². The van der Waals surface area contributed by atoms with Crippen LogP contribution in [0.5, 0.6) is 0 Å². The van der Waals surface area contributed by atoms with Crippen molar-refractivity contribution in [3.8, 4) is 0 Å². The number of methoxy groups -OCH3 is 1. The van der Waals surface area contributed by atoms with E-state index in [1.165, 1.54) is 23.6 Å². The second kappa shape index (κ2) is 8.37. The van der Waals surface area contributed by atoms with Gasteiger partial charge in [0.05, 0.1) is 12.7 Å². The fourth-order valence-electron chi connectivity index (χ4n) is 3.43. The van der Waals surface area contributed by atoms with Crippen LogP contribution in [0.3, 0.4) is 0 Å². The molecule has 1 aliphatic rings. The average Bonchev–Trinajstić information content (AvgIpc) is 3.11. The van der Waals surface area contributed by atoms with Gasteiger partial charge in [-0.15, -0.1) is 12.4 Å². The summed E-state index contributed by atoms with van der Waals surface area (Å²) in [5, 5.41) is 4.54. The Kier molecular flexibility index (Phi) is 5.94. The van der Waals surface area contributed by atoms with Gasteiger partial charge in [0.2, 0.25) is 0 Å². The van der Waals surface area contributed by atoms with Gasteiger partial charge in [0, 0.05) is 30.9 Å². The van der Waals surface area contributed by atoms with Crippen LogP contribution in [-0.4, -0.2) is 35.7 Å². The Hall–Kier alpha value is -2.63. The summed E-state index contributed by atoms with van der Waals surface area (Å²) >= 11 is 0. The van der Waals surface area contributed by atoms with Crippen LogP contribution < -0.4 is 5.32 Å². The number of carbonyl (C=O) groups is 1. The highest BCUT2D eigenvalue weighted by Gasteiger charge is 2.12. The molecule has 6 heteroatoms. The minimum atomic E-state index is -0.315. The lowest BCUT2D eigenvalue weighted by Crippen LogP contribution is -2.20. The number of halogens is 1. The number of pyridine rings is 1. The Morgan fingerprint density at radius 1 is 1.22 bits per heavy atom. The van der Waals surface area contributed by atoms with Crippen molar-refractivity contribution in [1.82, 2.24) is 14.9 Å². The quantitative estimate of drug-likeness (QED) is 0.698. The van der Waals surface area contributed by atoms with E-state index in [-0.39, 0.29) is 18.4 Å². The van der Waals surface area contributed by atoms with E-state index in [0.717, 1.165) is 30.7 Å². The third kappa shape index (κ3) is 3.89. The molecule has 140 valence electrons. The molecule has 0 aliphatic carbocycles. The number of benzene rings is 1. The van der Waals surface area contributed by atoms with E-state index in [4.69, 9.17) is 4.74 Å². The number of hydrogen-bond acceptors (Lipinski definition) is 4. The number of esters is 1. The number of ether oxygens (including phenoxy) is 1. The number of carbonyl (C=O) groups excluding carboxylic acids is 1. The molecule has 0 radical (unpaired) electrons. The third-order valence-corrected chi connectivity index (χ3v) is 4.80. The first kappa shape index (κ1) is 19.1. The van der Waals surface area contributed by atoms with E-state index in [9.17, 15) is 4.79 Å². The molecule has 2 aromatic heterocycles. The molecule has 3 aromatic rings. The molecule has 0 amide bonds. The molecular weight excluding hydrogens is 362 g/mol. The average molecular weight is 384 g/mol. The first-order chi connectivity index (χ1) is 12.8. The smallest absolute Gasteiger partial charge is 0.337 e. The van der Waals surface area contributed by atoms with Crippen molar-refractivity contribution in [3.63, 3.8) is 0 Å². The lowest BCUT2D eigenvalue weighted by molar-refractivity contribution is 0.0600. The lowest BCUT2D eigenvalue weighted by Gasteiger charge is -2.15. The molecule has 0 bridgehead atoms. The van der Waals surface area contributed by atoms with Gasteiger partial charge in [0.15, 0.2) is 0 Å². The maximum absolute atomic E-state index is 11.6. The minimum Gasteiger partial charge on any atom is -0.465 e. The van der Waals surface area contributed by atoms with Crippen LogP contribution in [0.4, 0.5) is 0 Å². The van der Waals surface area contributed by atoms with Gasteiger partial charge < -0.3 is 14.6 Å². The molecule has 5 nitrogen and oxygen atoms in total. The van der Waals surface area contributed by atoms with E-state index in [1.54, 1.807) is 12.1 Å². The molecule has 0 saturated heterocycles. The number of hydrogen-bond donors (Lipinski definition) is 1. The Balaban J connectivity index is 0.00000210. The van der Waals surface area contributed by atoms with Crippen molar-refractivity contribution in [3.05, 3.63) is 71.6 Å². The molecule has 27 heavy (non-hydrogen) atoms. The van der Waals surface area contributed by atoms with E-state index in [2.05, 4.69) is 39.3 Å². The zero-order valence-electron chi connectivity index (χ0n) is 15.1.